The second-order valence-electron chi connectivity index (χ2n) is 22.3. The standard InChI is InChI=1S/C50H76O17/c1-25-22-33(43(63-31(7)56)46(11,12)66-32(8)57)67-50(25)21-20-48(14)36(50)17-16-35-47(13)19-18-38(59-27(3)52)45(9,10)37(47)23-39(49(35,48)15)65-44-42(62-30(6)55)41(61-29(5)54)40(60-28(4)53)34(64-44)24-58-26(2)51/h25,33-44H,16-24H2,1-15H3/t25-,33+,34+,35+,36-,37-,38+,39+,40+,41-,42+,43-,44-,47+,48+,49-,50+/m0/s1. The highest BCUT2D eigenvalue weighted by molar-refractivity contribution is 5.69. The van der Waals surface area contributed by atoms with Crippen molar-refractivity contribution in [3.63, 3.8) is 0 Å². The molecule has 2 saturated heterocycles. The number of hydrogen-bond donors (Lipinski definition) is 0. The van der Waals surface area contributed by atoms with E-state index >= 15 is 0 Å². The summed E-state index contributed by atoms with van der Waals surface area (Å²) in [5.74, 6) is -4.24. The summed E-state index contributed by atoms with van der Waals surface area (Å²) in [6.07, 6.45) is -3.72. The summed E-state index contributed by atoms with van der Waals surface area (Å²) >= 11 is 0. The molecule has 0 aromatic heterocycles. The van der Waals surface area contributed by atoms with E-state index in [-0.39, 0.29) is 41.2 Å². The molecule has 17 atom stereocenters. The highest BCUT2D eigenvalue weighted by Gasteiger charge is 2.76. The molecule has 0 amide bonds. The van der Waals surface area contributed by atoms with Gasteiger partial charge in [0.1, 0.15) is 24.4 Å². The number of esters is 7. The van der Waals surface area contributed by atoms with Crippen LogP contribution in [-0.4, -0.2) is 115 Å². The molecular weight excluding hydrogens is 873 g/mol. The van der Waals surface area contributed by atoms with Crippen LogP contribution in [0.25, 0.3) is 0 Å². The molecule has 0 N–H and O–H groups in total. The topological polar surface area (TPSA) is 212 Å². The van der Waals surface area contributed by atoms with Crippen LogP contribution in [0.15, 0.2) is 0 Å². The summed E-state index contributed by atoms with van der Waals surface area (Å²) in [6.45, 7) is 25.4. The SMILES string of the molecule is CC(=O)OC[C@H]1O[C@@H](O[C@@H]2C[C@H]3C(C)(C)[C@H](OC(C)=O)CC[C@]3(C)[C@H]3CC[C@@H]4[C@]5(CC[C@@]4(C)[C@@]32C)O[C@@H]([C@H](OC(C)=O)C(C)(C)OC(C)=O)C[C@@H]5C)[C@H](OC(C)=O)[C@@H](OC(C)=O)[C@@H]1OC(C)=O. The Morgan fingerprint density at radius 1 is 0.627 bits per heavy atom. The van der Waals surface area contributed by atoms with E-state index in [0.29, 0.717) is 25.7 Å². The van der Waals surface area contributed by atoms with Gasteiger partial charge in [0.25, 0.3) is 0 Å². The second-order valence-corrected chi connectivity index (χ2v) is 22.3. The molecule has 4 saturated carbocycles. The van der Waals surface area contributed by atoms with E-state index in [1.807, 2.05) is 0 Å². The zero-order chi connectivity index (χ0) is 50.0. The largest absolute Gasteiger partial charge is 0.463 e. The molecule has 0 unspecified atom stereocenters. The summed E-state index contributed by atoms with van der Waals surface area (Å²) in [5, 5.41) is 0. The van der Waals surface area contributed by atoms with Crippen LogP contribution >= 0.6 is 0 Å². The normalized spacial score (nSPS) is 41.3. The Hall–Kier alpha value is -3.83. The van der Waals surface area contributed by atoms with Crippen molar-refractivity contribution in [3.8, 4) is 0 Å². The van der Waals surface area contributed by atoms with Crippen molar-refractivity contribution in [3.05, 3.63) is 0 Å². The summed E-state index contributed by atoms with van der Waals surface area (Å²) in [4.78, 5) is 88.1. The lowest BCUT2D eigenvalue weighted by Crippen LogP contribution is -2.71. The van der Waals surface area contributed by atoms with Crippen LogP contribution in [0.3, 0.4) is 0 Å². The van der Waals surface area contributed by atoms with Gasteiger partial charge in [-0.25, -0.2) is 0 Å². The molecule has 378 valence electrons. The Morgan fingerprint density at radius 3 is 1.78 bits per heavy atom. The van der Waals surface area contributed by atoms with Crippen molar-refractivity contribution in [1.82, 2.24) is 0 Å². The van der Waals surface area contributed by atoms with Gasteiger partial charge in [-0.15, -0.1) is 0 Å². The van der Waals surface area contributed by atoms with Gasteiger partial charge in [-0.2, -0.15) is 0 Å². The van der Waals surface area contributed by atoms with Crippen molar-refractivity contribution in [2.24, 2.45) is 45.3 Å². The average molecular weight is 949 g/mol. The monoisotopic (exact) mass is 949 g/mol. The van der Waals surface area contributed by atoms with Crippen molar-refractivity contribution in [1.29, 1.82) is 0 Å². The van der Waals surface area contributed by atoms with Gasteiger partial charge in [-0.05, 0) is 99.7 Å². The van der Waals surface area contributed by atoms with E-state index in [0.717, 1.165) is 25.7 Å². The smallest absolute Gasteiger partial charge is 0.303 e. The third-order valence-corrected chi connectivity index (χ3v) is 17.5. The fraction of sp³-hybridized carbons (Fsp3) is 0.860. The first-order valence-corrected chi connectivity index (χ1v) is 24.1. The van der Waals surface area contributed by atoms with Crippen LogP contribution < -0.4 is 0 Å². The first-order chi connectivity index (χ1) is 30.9. The van der Waals surface area contributed by atoms with Gasteiger partial charge in [0.15, 0.2) is 30.7 Å². The summed E-state index contributed by atoms with van der Waals surface area (Å²) in [6, 6.07) is 0. The maximum Gasteiger partial charge on any atom is 0.303 e. The van der Waals surface area contributed by atoms with E-state index in [1.165, 1.54) is 48.5 Å². The van der Waals surface area contributed by atoms with Crippen molar-refractivity contribution >= 4 is 41.8 Å². The second kappa shape index (κ2) is 18.8. The van der Waals surface area contributed by atoms with Crippen molar-refractivity contribution < 1.29 is 80.9 Å². The molecule has 0 aromatic carbocycles. The third-order valence-electron chi connectivity index (χ3n) is 17.5. The zero-order valence-corrected chi connectivity index (χ0v) is 42.3. The number of carbonyl (C=O) groups excluding carboxylic acids is 7. The van der Waals surface area contributed by atoms with E-state index in [2.05, 4.69) is 41.5 Å². The molecular formula is C50H76O17. The number of fused-ring (bicyclic) bond motifs is 6. The molecule has 0 bridgehead atoms. The number of ether oxygens (including phenoxy) is 10. The third kappa shape index (κ3) is 9.47. The molecule has 0 aromatic rings. The van der Waals surface area contributed by atoms with Gasteiger partial charge in [0.05, 0.1) is 17.8 Å². The van der Waals surface area contributed by atoms with Crippen molar-refractivity contribution in [2.75, 3.05) is 6.61 Å². The van der Waals surface area contributed by atoms with E-state index in [9.17, 15) is 33.6 Å². The number of hydrogen-bond acceptors (Lipinski definition) is 17. The first-order valence-electron chi connectivity index (χ1n) is 24.1. The zero-order valence-electron chi connectivity index (χ0n) is 42.3. The molecule has 6 fully saturated rings. The van der Waals surface area contributed by atoms with Gasteiger partial charge in [-0.3, -0.25) is 33.6 Å². The Morgan fingerprint density at radius 2 is 1.21 bits per heavy atom. The highest BCUT2D eigenvalue weighted by atomic mass is 16.7. The maximum absolute atomic E-state index is 13.0. The van der Waals surface area contributed by atoms with Gasteiger partial charge >= 0.3 is 41.8 Å². The Balaban J connectivity index is 1.48. The van der Waals surface area contributed by atoms with Gasteiger partial charge in [0.2, 0.25) is 0 Å². The van der Waals surface area contributed by atoms with E-state index in [1.54, 1.807) is 13.8 Å². The van der Waals surface area contributed by atoms with Crippen LogP contribution in [0.2, 0.25) is 0 Å². The van der Waals surface area contributed by atoms with Crippen LogP contribution in [0, 0.1) is 45.3 Å². The van der Waals surface area contributed by atoms with Crippen LogP contribution in [0.4, 0.5) is 0 Å². The molecule has 1 spiro atoms. The molecule has 6 aliphatic rings. The summed E-state index contributed by atoms with van der Waals surface area (Å²) in [5.41, 5.74) is -3.75. The number of carbonyl (C=O) groups is 7. The van der Waals surface area contributed by atoms with Crippen LogP contribution in [0.5, 0.6) is 0 Å². The fourth-order valence-electron chi connectivity index (χ4n) is 15.0. The molecule has 4 aliphatic carbocycles. The molecule has 6 rings (SSSR count). The summed E-state index contributed by atoms with van der Waals surface area (Å²) < 4.78 is 62.1. The predicted molar refractivity (Wildman–Crippen MR) is 236 cm³/mol. The lowest BCUT2D eigenvalue weighted by molar-refractivity contribution is -0.353. The molecule has 2 aliphatic heterocycles. The quantitative estimate of drug-likeness (QED) is 0.116. The molecule has 17 nitrogen and oxygen atoms in total. The predicted octanol–water partition coefficient (Wildman–Crippen LogP) is 6.50. The Labute approximate surface area is 395 Å². The average Bonchev–Trinajstić information content (AvgIpc) is 3.68. The Kier molecular flexibility index (Phi) is 14.8. The fourth-order valence-corrected chi connectivity index (χ4v) is 15.0. The van der Waals surface area contributed by atoms with E-state index < -0.39 is 119 Å². The maximum atomic E-state index is 13.0. The minimum Gasteiger partial charge on any atom is -0.463 e. The molecule has 0 radical (unpaired) electrons. The lowest BCUT2D eigenvalue weighted by atomic mass is 9.34. The van der Waals surface area contributed by atoms with E-state index in [4.69, 9.17) is 47.4 Å². The van der Waals surface area contributed by atoms with Gasteiger partial charge < -0.3 is 47.4 Å². The Bertz CT molecular complexity index is 1950. The lowest BCUT2D eigenvalue weighted by Gasteiger charge is -2.72. The van der Waals surface area contributed by atoms with Gasteiger partial charge in [-0.1, -0.05) is 41.5 Å². The minimum absolute atomic E-state index is 0.0137. The van der Waals surface area contributed by atoms with Crippen LogP contribution in [0.1, 0.15) is 155 Å². The number of rotatable bonds is 12. The van der Waals surface area contributed by atoms with Gasteiger partial charge in [0, 0.05) is 59.3 Å². The minimum atomic E-state index is -1.43. The molecule has 17 heteroatoms. The molecule has 2 heterocycles. The molecule has 67 heavy (non-hydrogen) atoms. The summed E-state index contributed by atoms with van der Waals surface area (Å²) in [7, 11) is 0. The van der Waals surface area contributed by atoms with Crippen LogP contribution in [-0.2, 0) is 80.9 Å². The van der Waals surface area contributed by atoms with Crippen molar-refractivity contribution in [2.45, 2.75) is 222 Å². The highest BCUT2D eigenvalue weighted by Crippen LogP contribution is 2.78. The first kappa shape index (κ1) is 52.5.